The number of nitrogens with two attached hydrogens (primary N) is 1. The molecule has 3 nitrogen and oxygen atoms in total. The first kappa shape index (κ1) is 16.0. The van der Waals surface area contributed by atoms with E-state index in [0.717, 1.165) is 18.8 Å². The van der Waals surface area contributed by atoms with Crippen molar-refractivity contribution in [3.63, 3.8) is 0 Å². The van der Waals surface area contributed by atoms with Gasteiger partial charge in [-0.05, 0) is 31.5 Å². The zero-order chi connectivity index (χ0) is 14.8. The number of hydrogen-bond acceptors (Lipinski definition) is 4. The Balaban J connectivity index is 2.21. The summed E-state index contributed by atoms with van der Waals surface area (Å²) in [5.41, 5.74) is 7.19. The zero-order valence-electron chi connectivity index (χ0n) is 12.4. The molecule has 0 spiro atoms. The van der Waals surface area contributed by atoms with Crippen molar-refractivity contribution < 1.29 is 4.74 Å². The predicted molar refractivity (Wildman–Crippen MR) is 87.9 cm³/mol. The Hall–Kier alpha value is -0.420. The van der Waals surface area contributed by atoms with Crippen LogP contribution in [0.1, 0.15) is 25.5 Å². The molecule has 5 heteroatoms. The fraction of sp³-hybridized carbons (Fsp3) is 0.600. The number of rotatable bonds is 4. The van der Waals surface area contributed by atoms with E-state index in [4.69, 9.17) is 22.1 Å². The van der Waals surface area contributed by atoms with Crippen molar-refractivity contribution in [2.24, 2.45) is 5.73 Å². The topological polar surface area (TPSA) is 38.5 Å². The first-order valence-electron chi connectivity index (χ1n) is 6.88. The van der Waals surface area contributed by atoms with Gasteiger partial charge >= 0.3 is 0 Å². The highest BCUT2D eigenvalue weighted by Gasteiger charge is 2.31. The summed E-state index contributed by atoms with van der Waals surface area (Å²) < 4.78 is 5.49. The van der Waals surface area contributed by atoms with Crippen LogP contribution < -0.4 is 10.5 Å². The molecule has 0 saturated carbocycles. The van der Waals surface area contributed by atoms with Gasteiger partial charge < -0.3 is 10.5 Å². The first-order valence-corrected chi connectivity index (χ1v) is 8.25. The molecular formula is C15H23ClN2OS. The lowest BCUT2D eigenvalue weighted by Gasteiger charge is -2.41. The van der Waals surface area contributed by atoms with Gasteiger partial charge in [0, 0.05) is 36.2 Å². The Bertz CT molecular complexity index is 467. The van der Waals surface area contributed by atoms with Gasteiger partial charge in [-0.1, -0.05) is 17.7 Å². The van der Waals surface area contributed by atoms with Gasteiger partial charge in [-0.15, -0.1) is 0 Å². The Morgan fingerprint density at radius 1 is 1.50 bits per heavy atom. The van der Waals surface area contributed by atoms with Gasteiger partial charge in [0.25, 0.3) is 0 Å². The van der Waals surface area contributed by atoms with Crippen molar-refractivity contribution in [1.29, 1.82) is 0 Å². The molecule has 1 saturated heterocycles. The molecule has 0 aromatic heterocycles. The molecule has 0 radical (unpaired) electrons. The van der Waals surface area contributed by atoms with E-state index in [9.17, 15) is 0 Å². The van der Waals surface area contributed by atoms with Crippen LogP contribution in [0.25, 0.3) is 0 Å². The number of halogens is 1. The highest BCUT2D eigenvalue weighted by molar-refractivity contribution is 8.00. The van der Waals surface area contributed by atoms with Crippen molar-refractivity contribution in [2.45, 2.75) is 24.6 Å². The third kappa shape index (κ3) is 3.61. The quantitative estimate of drug-likeness (QED) is 0.926. The van der Waals surface area contributed by atoms with E-state index in [1.54, 1.807) is 7.11 Å². The molecule has 2 rings (SSSR count). The summed E-state index contributed by atoms with van der Waals surface area (Å²) >= 11 is 8.26. The highest BCUT2D eigenvalue weighted by atomic mass is 35.5. The van der Waals surface area contributed by atoms with E-state index in [-0.39, 0.29) is 10.8 Å². The highest BCUT2D eigenvalue weighted by Crippen LogP contribution is 2.35. The van der Waals surface area contributed by atoms with Crippen LogP contribution in [-0.2, 0) is 0 Å². The molecular weight excluding hydrogens is 292 g/mol. The van der Waals surface area contributed by atoms with E-state index in [0.29, 0.717) is 17.3 Å². The number of hydrogen-bond donors (Lipinski definition) is 1. The lowest BCUT2D eigenvalue weighted by molar-refractivity contribution is 0.192. The number of ether oxygens (including phenoxy) is 1. The van der Waals surface area contributed by atoms with Gasteiger partial charge in [0.1, 0.15) is 5.75 Å². The van der Waals surface area contributed by atoms with Crippen LogP contribution in [0.5, 0.6) is 5.75 Å². The van der Waals surface area contributed by atoms with Crippen LogP contribution in [0.3, 0.4) is 0 Å². The van der Waals surface area contributed by atoms with Crippen molar-refractivity contribution in [3.8, 4) is 5.75 Å². The first-order chi connectivity index (χ1) is 9.46. The molecule has 1 aromatic rings. The standard InChI is InChI=1S/C15H23ClN2OS/c1-15(2)10-18(6-7-20-15)13(9-17)11-4-5-14(19-3)12(16)8-11/h4-5,8,13H,6-7,9-10,17H2,1-3H3. The second-order valence-electron chi connectivity index (χ2n) is 5.72. The SMILES string of the molecule is COc1ccc(C(CN)N2CCSC(C)(C)C2)cc1Cl. The third-order valence-corrected chi connectivity index (χ3v) is 5.27. The lowest BCUT2D eigenvalue weighted by Crippen LogP contribution is -2.46. The molecule has 1 heterocycles. The molecule has 1 atom stereocenters. The van der Waals surface area contributed by atoms with Gasteiger partial charge in [0.2, 0.25) is 0 Å². The van der Waals surface area contributed by atoms with Crippen molar-refractivity contribution >= 4 is 23.4 Å². The maximum Gasteiger partial charge on any atom is 0.137 e. The van der Waals surface area contributed by atoms with Gasteiger partial charge in [0.05, 0.1) is 12.1 Å². The van der Waals surface area contributed by atoms with Crippen molar-refractivity contribution in [2.75, 3.05) is 32.5 Å². The van der Waals surface area contributed by atoms with E-state index in [2.05, 4.69) is 24.8 Å². The van der Waals surface area contributed by atoms with Crippen LogP contribution in [0.15, 0.2) is 18.2 Å². The molecule has 1 aliphatic rings. The summed E-state index contributed by atoms with van der Waals surface area (Å²) in [5, 5.41) is 0.647. The average Bonchev–Trinajstić information content (AvgIpc) is 2.39. The number of methoxy groups -OCH3 is 1. The van der Waals surface area contributed by atoms with Gasteiger partial charge in [-0.2, -0.15) is 11.8 Å². The van der Waals surface area contributed by atoms with Crippen LogP contribution in [0.4, 0.5) is 0 Å². The fourth-order valence-corrected chi connectivity index (χ4v) is 4.11. The number of thioether (sulfide) groups is 1. The summed E-state index contributed by atoms with van der Waals surface area (Å²) in [4.78, 5) is 2.47. The normalized spacial score (nSPS) is 20.6. The van der Waals surface area contributed by atoms with Gasteiger partial charge in [0.15, 0.2) is 0 Å². The molecule has 0 amide bonds. The molecule has 0 bridgehead atoms. The lowest BCUT2D eigenvalue weighted by atomic mass is 10.0. The molecule has 20 heavy (non-hydrogen) atoms. The van der Waals surface area contributed by atoms with E-state index in [1.165, 1.54) is 5.56 Å². The third-order valence-electron chi connectivity index (χ3n) is 3.68. The molecule has 1 aliphatic heterocycles. The van der Waals surface area contributed by atoms with Crippen molar-refractivity contribution in [3.05, 3.63) is 28.8 Å². The Kier molecular flexibility index (Phi) is 5.24. The monoisotopic (exact) mass is 314 g/mol. The van der Waals surface area contributed by atoms with E-state index in [1.807, 2.05) is 23.9 Å². The van der Waals surface area contributed by atoms with Crippen LogP contribution in [0, 0.1) is 0 Å². The minimum atomic E-state index is 0.221. The smallest absolute Gasteiger partial charge is 0.137 e. The molecule has 1 unspecified atom stereocenters. The molecule has 112 valence electrons. The number of nitrogens with zero attached hydrogens (tertiary/aromatic N) is 1. The van der Waals surface area contributed by atoms with E-state index < -0.39 is 0 Å². The maximum absolute atomic E-state index is 6.24. The summed E-state index contributed by atoms with van der Waals surface area (Å²) in [6.07, 6.45) is 0. The average molecular weight is 315 g/mol. The molecule has 0 aliphatic carbocycles. The number of benzene rings is 1. The second kappa shape index (κ2) is 6.56. The van der Waals surface area contributed by atoms with Crippen molar-refractivity contribution in [1.82, 2.24) is 4.90 Å². The Morgan fingerprint density at radius 2 is 2.25 bits per heavy atom. The molecule has 1 aromatic carbocycles. The summed E-state index contributed by atoms with van der Waals surface area (Å²) in [7, 11) is 1.63. The summed E-state index contributed by atoms with van der Waals surface area (Å²) in [6, 6.07) is 6.19. The predicted octanol–water partition coefficient (Wildman–Crippen LogP) is 3.18. The summed E-state index contributed by atoms with van der Waals surface area (Å²) in [5.74, 6) is 1.86. The zero-order valence-corrected chi connectivity index (χ0v) is 13.9. The largest absolute Gasteiger partial charge is 0.495 e. The second-order valence-corrected chi connectivity index (χ2v) is 7.93. The maximum atomic E-state index is 6.24. The van der Waals surface area contributed by atoms with Gasteiger partial charge in [-0.25, -0.2) is 0 Å². The fourth-order valence-electron chi connectivity index (χ4n) is 2.70. The minimum absolute atomic E-state index is 0.221. The Labute approximate surface area is 130 Å². The Morgan fingerprint density at radius 3 is 2.80 bits per heavy atom. The van der Waals surface area contributed by atoms with Crippen LogP contribution in [-0.4, -0.2) is 42.1 Å². The van der Waals surface area contributed by atoms with E-state index >= 15 is 0 Å². The van der Waals surface area contributed by atoms with Crippen LogP contribution >= 0.6 is 23.4 Å². The van der Waals surface area contributed by atoms with Crippen LogP contribution in [0.2, 0.25) is 5.02 Å². The minimum Gasteiger partial charge on any atom is -0.495 e. The molecule has 1 fully saturated rings. The molecule has 2 N–H and O–H groups in total. The summed E-state index contributed by atoms with van der Waals surface area (Å²) in [6.45, 7) is 7.29. The van der Waals surface area contributed by atoms with Gasteiger partial charge in [-0.3, -0.25) is 4.90 Å².